The van der Waals surface area contributed by atoms with E-state index in [-0.39, 0.29) is 29.6 Å². The molecule has 0 radical (unpaired) electrons. The van der Waals surface area contributed by atoms with Crippen LogP contribution < -0.4 is 34.9 Å². The van der Waals surface area contributed by atoms with Crippen molar-refractivity contribution < 1.29 is 48.3 Å². The number of carbonyl (C=O) groups excluding carboxylic acids is 1. The summed E-state index contributed by atoms with van der Waals surface area (Å²) in [6, 6.07) is 7.95. The molecule has 1 rings (SSSR count). The van der Waals surface area contributed by atoms with E-state index in [1.54, 1.807) is 30.3 Å². The molecule has 116 valence electrons. The van der Waals surface area contributed by atoms with Crippen molar-refractivity contribution in [3.63, 3.8) is 0 Å². The van der Waals surface area contributed by atoms with E-state index >= 15 is 0 Å². The average Bonchev–Trinajstić information content (AvgIpc) is 2.43. The van der Waals surface area contributed by atoms with Crippen LogP contribution in [0.3, 0.4) is 0 Å². The van der Waals surface area contributed by atoms with Crippen LogP contribution in [0.5, 0.6) is 0 Å². The number of halogens is 3. The third-order valence-electron chi connectivity index (χ3n) is 2.43. The Morgan fingerprint density at radius 3 is 2.36 bits per heavy atom. The summed E-state index contributed by atoms with van der Waals surface area (Å²) in [4.78, 5) is 21.1. The summed E-state index contributed by atoms with van der Waals surface area (Å²) < 4.78 is 13.8. The first kappa shape index (κ1) is 22.4. The van der Waals surface area contributed by atoms with Crippen molar-refractivity contribution in [1.29, 1.82) is 0 Å². The first-order valence-corrected chi connectivity index (χ1v) is 8.44. The van der Waals surface area contributed by atoms with Crippen molar-refractivity contribution >= 4 is 48.3 Å². The number of alkyl halides is 3. The van der Waals surface area contributed by atoms with Gasteiger partial charge in [-0.2, -0.15) is 0 Å². The molecule has 0 spiro atoms. The molecular formula is C12H13Cl3NNaO4P+. The third kappa shape index (κ3) is 7.82. The number of amides is 1. The summed E-state index contributed by atoms with van der Waals surface area (Å²) in [5, 5.41) is 2.46. The fourth-order valence-corrected chi connectivity index (χ4v) is 2.06. The van der Waals surface area contributed by atoms with Crippen LogP contribution in [-0.4, -0.2) is 21.7 Å². The summed E-state index contributed by atoms with van der Waals surface area (Å²) in [5.74, 6) is 0.111. The maximum Gasteiger partial charge on any atom is 1.00 e. The second kappa shape index (κ2) is 9.67. The van der Waals surface area contributed by atoms with Crippen molar-refractivity contribution in [3.05, 3.63) is 47.8 Å². The number of rotatable bonds is 5. The van der Waals surface area contributed by atoms with E-state index < -0.39 is 23.3 Å². The summed E-state index contributed by atoms with van der Waals surface area (Å²) in [7, 11) is -2.76. The molecule has 2 N–H and O–H groups in total. The molecule has 2 atom stereocenters. The molecule has 22 heavy (non-hydrogen) atoms. The van der Waals surface area contributed by atoms with Crippen LogP contribution in [0, 0.1) is 0 Å². The SMILES string of the molecule is COP(=O)(O)/C=C/C(NC(=O)C(Cl)(Cl)Cl)c1ccccc1.[Na+]. The standard InChI is InChI=1S/C12H13Cl3NO4P.Na/c1-20-21(18,19)8-7-10(9-5-3-2-4-6-9)16-11(17)12(13,14)15;/h2-8,10H,1H3,(H,16,17)(H,18,19);/q;+1/b8-7+;. The van der Waals surface area contributed by atoms with E-state index in [1.165, 1.54) is 6.08 Å². The molecule has 0 heterocycles. The average molecular weight is 396 g/mol. The van der Waals surface area contributed by atoms with E-state index in [4.69, 9.17) is 34.8 Å². The van der Waals surface area contributed by atoms with Crippen molar-refractivity contribution in [3.8, 4) is 0 Å². The van der Waals surface area contributed by atoms with Crippen molar-refractivity contribution in [1.82, 2.24) is 5.32 Å². The Morgan fingerprint density at radius 1 is 1.36 bits per heavy atom. The largest absolute Gasteiger partial charge is 1.00 e. The van der Waals surface area contributed by atoms with Crippen LogP contribution in [0.4, 0.5) is 0 Å². The van der Waals surface area contributed by atoms with Gasteiger partial charge in [0.1, 0.15) is 0 Å². The van der Waals surface area contributed by atoms with Crippen LogP contribution in [0.2, 0.25) is 0 Å². The predicted molar refractivity (Wildman–Crippen MR) is 83.6 cm³/mol. The Morgan fingerprint density at radius 2 is 1.91 bits per heavy atom. The Hall–Kier alpha value is 0.450. The fraction of sp³-hybridized carbons (Fsp3) is 0.250. The molecule has 0 aliphatic rings. The molecule has 0 aliphatic carbocycles. The van der Waals surface area contributed by atoms with E-state index in [9.17, 15) is 14.3 Å². The van der Waals surface area contributed by atoms with Gasteiger partial charge in [0.05, 0.1) is 6.04 Å². The molecule has 0 bridgehead atoms. The molecule has 1 aromatic carbocycles. The van der Waals surface area contributed by atoms with Gasteiger partial charge < -0.3 is 14.7 Å². The maximum atomic E-state index is 11.7. The van der Waals surface area contributed by atoms with Gasteiger partial charge in [0.2, 0.25) is 0 Å². The van der Waals surface area contributed by atoms with Crippen molar-refractivity contribution in [2.45, 2.75) is 9.83 Å². The normalized spacial score (nSPS) is 15.7. The number of hydrogen-bond donors (Lipinski definition) is 2. The Balaban J connectivity index is 0.00000441. The predicted octanol–water partition coefficient (Wildman–Crippen LogP) is 0.564. The number of benzene rings is 1. The van der Waals surface area contributed by atoms with Gasteiger partial charge in [0, 0.05) is 12.9 Å². The van der Waals surface area contributed by atoms with Gasteiger partial charge in [0.25, 0.3) is 9.70 Å². The van der Waals surface area contributed by atoms with Gasteiger partial charge in [-0.1, -0.05) is 65.1 Å². The molecule has 1 aromatic rings. The zero-order valence-corrected chi connectivity index (χ0v) is 17.0. The van der Waals surface area contributed by atoms with Gasteiger partial charge in [-0.25, -0.2) is 0 Å². The van der Waals surface area contributed by atoms with Crippen LogP contribution >= 0.6 is 42.4 Å². The van der Waals surface area contributed by atoms with Crippen LogP contribution in [0.25, 0.3) is 0 Å². The number of carbonyl (C=O) groups is 1. The summed E-state index contributed by atoms with van der Waals surface area (Å²) in [6.45, 7) is 0. The maximum absolute atomic E-state index is 11.7. The summed E-state index contributed by atoms with van der Waals surface area (Å²) >= 11 is 16.5. The molecule has 0 saturated carbocycles. The molecule has 10 heteroatoms. The minimum Gasteiger partial charge on any atom is -0.342 e. The van der Waals surface area contributed by atoms with Crippen LogP contribution in [-0.2, 0) is 13.9 Å². The van der Waals surface area contributed by atoms with Gasteiger partial charge in [0.15, 0.2) is 0 Å². The molecule has 1 amide bonds. The minimum absolute atomic E-state index is 0. The fourth-order valence-electron chi connectivity index (χ4n) is 1.38. The third-order valence-corrected chi connectivity index (χ3v) is 4.02. The Kier molecular flexibility index (Phi) is 9.87. The first-order chi connectivity index (χ1) is 9.65. The zero-order chi connectivity index (χ0) is 16.1. The van der Waals surface area contributed by atoms with E-state index in [0.29, 0.717) is 5.56 Å². The van der Waals surface area contributed by atoms with Crippen LogP contribution in [0.1, 0.15) is 11.6 Å². The van der Waals surface area contributed by atoms with E-state index in [2.05, 4.69) is 9.84 Å². The van der Waals surface area contributed by atoms with E-state index in [1.807, 2.05) is 0 Å². The zero-order valence-electron chi connectivity index (χ0n) is 11.9. The summed E-state index contributed by atoms with van der Waals surface area (Å²) in [5.41, 5.74) is 0.646. The second-order valence-corrected chi connectivity index (χ2v) is 8.02. The molecule has 0 aliphatic heterocycles. The van der Waals surface area contributed by atoms with Gasteiger partial charge in [-0.15, -0.1) is 0 Å². The molecule has 5 nitrogen and oxygen atoms in total. The van der Waals surface area contributed by atoms with Gasteiger partial charge in [-0.3, -0.25) is 9.36 Å². The molecule has 0 aromatic heterocycles. The van der Waals surface area contributed by atoms with E-state index in [0.717, 1.165) is 12.9 Å². The topological polar surface area (TPSA) is 75.6 Å². The molecule has 2 unspecified atom stereocenters. The molecule has 0 fully saturated rings. The number of hydrogen-bond acceptors (Lipinski definition) is 3. The Bertz CT molecular complexity index is 565. The summed E-state index contributed by atoms with van der Waals surface area (Å²) in [6.07, 6.45) is 1.30. The minimum atomic E-state index is -3.86. The van der Waals surface area contributed by atoms with Crippen LogP contribution in [0.15, 0.2) is 42.2 Å². The molecular weight excluding hydrogens is 382 g/mol. The van der Waals surface area contributed by atoms with Gasteiger partial charge >= 0.3 is 37.2 Å². The van der Waals surface area contributed by atoms with Crippen molar-refractivity contribution in [2.75, 3.05) is 7.11 Å². The quantitative estimate of drug-likeness (QED) is 0.434. The second-order valence-electron chi connectivity index (χ2n) is 3.95. The molecule has 0 saturated heterocycles. The monoisotopic (exact) mass is 394 g/mol. The smallest absolute Gasteiger partial charge is 0.342 e. The Labute approximate surface area is 165 Å². The van der Waals surface area contributed by atoms with Crippen molar-refractivity contribution in [2.24, 2.45) is 0 Å². The first-order valence-electron chi connectivity index (χ1n) is 5.66. The number of nitrogens with one attached hydrogen (secondary N) is 1. The van der Waals surface area contributed by atoms with Gasteiger partial charge in [-0.05, 0) is 11.6 Å².